The number of halogens is 4. The van der Waals surface area contributed by atoms with E-state index in [1.807, 2.05) is 0 Å². The summed E-state index contributed by atoms with van der Waals surface area (Å²) in [6.07, 6.45) is 0. The number of ether oxygens (including phenoxy) is 2. The smallest absolute Gasteiger partial charge is 0.180 e. The molecule has 0 saturated carbocycles. The Bertz CT molecular complexity index is 630. The van der Waals surface area contributed by atoms with Crippen molar-refractivity contribution in [1.82, 2.24) is 0 Å². The average molecular weight is 394 g/mol. The normalized spacial score (nSPS) is 10.5. The topological polar surface area (TPSA) is 18.5 Å². The van der Waals surface area contributed by atoms with Gasteiger partial charge in [-0.15, -0.1) is 11.6 Å². The van der Waals surface area contributed by atoms with Gasteiger partial charge in [-0.25, -0.2) is 4.39 Å². The Hall–Kier alpha value is -0.970. The van der Waals surface area contributed by atoms with Crippen LogP contribution in [0.15, 0.2) is 34.8 Å². The minimum atomic E-state index is -0.335. The second-order valence-corrected chi connectivity index (χ2v) is 5.90. The van der Waals surface area contributed by atoms with Crippen molar-refractivity contribution >= 4 is 39.1 Å². The molecule has 112 valence electrons. The van der Waals surface area contributed by atoms with Crippen LogP contribution in [0, 0.1) is 5.82 Å². The Kier molecular flexibility index (Phi) is 5.73. The number of benzene rings is 2. The van der Waals surface area contributed by atoms with E-state index in [1.54, 1.807) is 18.2 Å². The zero-order valence-corrected chi connectivity index (χ0v) is 14.2. The summed E-state index contributed by atoms with van der Waals surface area (Å²) in [4.78, 5) is 0. The Morgan fingerprint density at radius 1 is 1.14 bits per heavy atom. The molecule has 0 saturated heterocycles. The number of alkyl halides is 1. The van der Waals surface area contributed by atoms with E-state index in [2.05, 4.69) is 15.9 Å². The van der Waals surface area contributed by atoms with Gasteiger partial charge in [0.2, 0.25) is 0 Å². The minimum absolute atomic E-state index is 0.173. The molecule has 0 spiro atoms. The number of methoxy groups -OCH3 is 1. The molecular formula is C15H12BrCl2FO2. The predicted molar refractivity (Wildman–Crippen MR) is 86.0 cm³/mol. The van der Waals surface area contributed by atoms with Gasteiger partial charge in [0, 0.05) is 10.4 Å². The number of hydrogen-bond acceptors (Lipinski definition) is 2. The summed E-state index contributed by atoms with van der Waals surface area (Å²) >= 11 is 15.2. The van der Waals surface area contributed by atoms with Gasteiger partial charge in [-0.3, -0.25) is 0 Å². The van der Waals surface area contributed by atoms with Gasteiger partial charge in [0.1, 0.15) is 12.4 Å². The van der Waals surface area contributed by atoms with Gasteiger partial charge in [-0.2, -0.15) is 0 Å². The molecule has 0 amide bonds. The SMILES string of the molecule is COc1cc(CCl)cc(Cl)c1OCc1cc(F)cc(Br)c1. The quantitative estimate of drug-likeness (QED) is 0.618. The van der Waals surface area contributed by atoms with E-state index in [-0.39, 0.29) is 12.4 Å². The maximum Gasteiger partial charge on any atom is 0.180 e. The maximum absolute atomic E-state index is 13.3. The summed E-state index contributed by atoms with van der Waals surface area (Å²) in [6, 6.07) is 8.03. The molecule has 0 atom stereocenters. The number of rotatable bonds is 5. The lowest BCUT2D eigenvalue weighted by Crippen LogP contribution is -2.00. The van der Waals surface area contributed by atoms with E-state index in [1.165, 1.54) is 19.2 Å². The first-order valence-corrected chi connectivity index (χ1v) is 7.74. The van der Waals surface area contributed by atoms with E-state index in [4.69, 9.17) is 32.7 Å². The third-order valence-corrected chi connectivity index (χ3v) is 3.80. The van der Waals surface area contributed by atoms with Gasteiger partial charge in [-0.05, 0) is 41.5 Å². The second kappa shape index (κ2) is 7.34. The molecule has 21 heavy (non-hydrogen) atoms. The molecule has 0 aromatic heterocycles. The molecule has 2 aromatic carbocycles. The van der Waals surface area contributed by atoms with E-state index in [0.717, 1.165) is 5.56 Å². The predicted octanol–water partition coefficient (Wildman–Crippen LogP) is 5.57. The van der Waals surface area contributed by atoms with Crippen molar-refractivity contribution in [2.24, 2.45) is 0 Å². The maximum atomic E-state index is 13.3. The molecule has 0 bridgehead atoms. The molecule has 0 radical (unpaired) electrons. The van der Waals surface area contributed by atoms with Gasteiger partial charge in [0.15, 0.2) is 11.5 Å². The van der Waals surface area contributed by atoms with Crippen LogP contribution in [0.3, 0.4) is 0 Å². The highest BCUT2D eigenvalue weighted by atomic mass is 79.9. The van der Waals surface area contributed by atoms with Crippen LogP contribution in [0.1, 0.15) is 11.1 Å². The molecule has 0 aliphatic rings. The van der Waals surface area contributed by atoms with Crippen molar-refractivity contribution in [2.45, 2.75) is 12.5 Å². The molecule has 0 unspecified atom stereocenters. The highest BCUT2D eigenvalue weighted by Gasteiger charge is 2.12. The lowest BCUT2D eigenvalue weighted by atomic mass is 10.2. The third kappa shape index (κ3) is 4.25. The molecule has 0 fully saturated rings. The highest BCUT2D eigenvalue weighted by Crippen LogP contribution is 2.37. The molecular weight excluding hydrogens is 382 g/mol. The summed E-state index contributed by atoms with van der Waals surface area (Å²) in [6.45, 7) is 0.173. The van der Waals surface area contributed by atoms with E-state index in [9.17, 15) is 4.39 Å². The first-order valence-electron chi connectivity index (χ1n) is 6.03. The molecule has 6 heteroatoms. The lowest BCUT2D eigenvalue weighted by Gasteiger charge is -2.14. The number of hydrogen-bond donors (Lipinski definition) is 0. The van der Waals surface area contributed by atoms with Crippen molar-refractivity contribution in [1.29, 1.82) is 0 Å². The summed E-state index contributed by atoms with van der Waals surface area (Å²) in [5.41, 5.74) is 1.51. The molecule has 2 aromatic rings. The minimum Gasteiger partial charge on any atom is -0.493 e. The zero-order valence-electron chi connectivity index (χ0n) is 11.1. The third-order valence-electron chi connectivity index (χ3n) is 2.75. The molecule has 0 aliphatic heterocycles. The van der Waals surface area contributed by atoms with Crippen LogP contribution in [0.4, 0.5) is 4.39 Å². The van der Waals surface area contributed by atoms with Gasteiger partial charge in [-0.1, -0.05) is 27.5 Å². The summed E-state index contributed by atoms with van der Waals surface area (Å²) in [5.74, 6) is 0.897. The van der Waals surface area contributed by atoms with Crippen LogP contribution in [0.2, 0.25) is 5.02 Å². The van der Waals surface area contributed by atoms with Crippen LogP contribution in [0.5, 0.6) is 11.5 Å². The first-order chi connectivity index (χ1) is 10.0. The van der Waals surface area contributed by atoms with Crippen LogP contribution in [0.25, 0.3) is 0 Å². The van der Waals surface area contributed by atoms with Gasteiger partial charge < -0.3 is 9.47 Å². The summed E-state index contributed by atoms with van der Waals surface area (Å²) in [7, 11) is 1.52. The van der Waals surface area contributed by atoms with Crippen molar-refractivity contribution < 1.29 is 13.9 Å². The van der Waals surface area contributed by atoms with Crippen LogP contribution < -0.4 is 9.47 Å². The Morgan fingerprint density at radius 3 is 2.52 bits per heavy atom. The van der Waals surface area contributed by atoms with Gasteiger partial charge in [0.05, 0.1) is 12.1 Å². The second-order valence-electron chi connectivity index (χ2n) is 4.31. The van der Waals surface area contributed by atoms with Crippen LogP contribution >= 0.6 is 39.1 Å². The lowest BCUT2D eigenvalue weighted by molar-refractivity contribution is 0.284. The Labute approximate surface area is 140 Å². The fraction of sp³-hybridized carbons (Fsp3) is 0.200. The van der Waals surface area contributed by atoms with Gasteiger partial charge in [0.25, 0.3) is 0 Å². The Balaban J connectivity index is 2.23. The monoisotopic (exact) mass is 392 g/mol. The van der Waals surface area contributed by atoms with Gasteiger partial charge >= 0.3 is 0 Å². The van der Waals surface area contributed by atoms with E-state index in [0.29, 0.717) is 32.4 Å². The largest absolute Gasteiger partial charge is 0.493 e. The zero-order chi connectivity index (χ0) is 15.4. The van der Waals surface area contributed by atoms with Crippen LogP contribution in [-0.4, -0.2) is 7.11 Å². The van der Waals surface area contributed by atoms with Crippen molar-refractivity contribution in [3.05, 3.63) is 56.8 Å². The highest BCUT2D eigenvalue weighted by molar-refractivity contribution is 9.10. The molecule has 0 aliphatic carbocycles. The van der Waals surface area contributed by atoms with E-state index < -0.39 is 0 Å². The molecule has 2 rings (SSSR count). The van der Waals surface area contributed by atoms with Crippen molar-refractivity contribution in [2.75, 3.05) is 7.11 Å². The fourth-order valence-corrected chi connectivity index (χ4v) is 2.80. The Morgan fingerprint density at radius 2 is 1.90 bits per heavy atom. The summed E-state index contributed by atoms with van der Waals surface area (Å²) < 4.78 is 24.9. The molecule has 0 heterocycles. The molecule has 2 nitrogen and oxygen atoms in total. The average Bonchev–Trinajstić information content (AvgIpc) is 2.44. The van der Waals surface area contributed by atoms with Crippen molar-refractivity contribution in [3.8, 4) is 11.5 Å². The van der Waals surface area contributed by atoms with E-state index >= 15 is 0 Å². The first kappa shape index (κ1) is 16.4. The van der Waals surface area contributed by atoms with Crippen LogP contribution in [-0.2, 0) is 12.5 Å². The fourth-order valence-electron chi connectivity index (χ4n) is 1.84. The summed E-state index contributed by atoms with van der Waals surface area (Å²) in [5, 5.41) is 0.403. The standard InChI is InChI=1S/C15H12BrCl2FO2/c1-20-14-5-9(7-17)4-13(18)15(14)21-8-10-2-11(16)6-12(19)3-10/h2-6H,7-8H2,1H3. The molecule has 0 N–H and O–H groups in total. The van der Waals surface area contributed by atoms with Crippen molar-refractivity contribution in [3.63, 3.8) is 0 Å².